The smallest absolute Gasteiger partial charge is 0.308 e. The summed E-state index contributed by atoms with van der Waals surface area (Å²) >= 11 is 4.17. The van der Waals surface area contributed by atoms with E-state index in [9.17, 15) is 4.79 Å². The van der Waals surface area contributed by atoms with Gasteiger partial charge in [-0.25, -0.2) is 4.98 Å². The summed E-state index contributed by atoms with van der Waals surface area (Å²) in [5.41, 5.74) is 0. The second-order valence-corrected chi connectivity index (χ2v) is 3.60. The molecule has 0 bridgehead atoms. The molecule has 0 atom stereocenters. The summed E-state index contributed by atoms with van der Waals surface area (Å²) in [6.07, 6.45) is 4.83. The van der Waals surface area contributed by atoms with Gasteiger partial charge >= 0.3 is 5.97 Å². The lowest BCUT2D eigenvalue weighted by molar-refractivity contribution is -0.131. The Morgan fingerprint density at radius 2 is 2.50 bits per heavy atom. The van der Waals surface area contributed by atoms with Crippen molar-refractivity contribution in [1.82, 2.24) is 9.55 Å². The molecule has 2 aromatic heterocycles. The number of esters is 1. The van der Waals surface area contributed by atoms with E-state index in [1.165, 1.54) is 13.2 Å². The molecule has 0 aliphatic rings. The second-order valence-electron chi connectivity index (χ2n) is 3.20. The van der Waals surface area contributed by atoms with E-state index in [1.54, 1.807) is 23.0 Å². The van der Waals surface area contributed by atoms with Crippen LogP contribution in [0.4, 0.5) is 0 Å². The molecule has 0 amide bonds. The standard InChI is InChI=1S/C10H10N2O3S/c1-7(13)15-9-4-8(14-6-9)5-12-3-2-11-10(12)16/h2-4,6H,5H2,1H3,(H,11,16). The SMILES string of the molecule is CC(=O)Oc1coc(Cn2ccnc2S)c1. The molecule has 0 spiro atoms. The van der Waals surface area contributed by atoms with E-state index < -0.39 is 0 Å². The third-order valence-corrected chi connectivity index (χ3v) is 2.28. The fourth-order valence-electron chi connectivity index (χ4n) is 1.28. The summed E-state index contributed by atoms with van der Waals surface area (Å²) in [5.74, 6) is 0.706. The monoisotopic (exact) mass is 238 g/mol. The first-order valence-electron chi connectivity index (χ1n) is 4.61. The number of carbonyl (C=O) groups is 1. The van der Waals surface area contributed by atoms with E-state index in [-0.39, 0.29) is 5.97 Å². The van der Waals surface area contributed by atoms with Gasteiger partial charge in [-0.15, -0.1) is 12.6 Å². The minimum atomic E-state index is -0.370. The number of carbonyl (C=O) groups excluding carboxylic acids is 1. The zero-order valence-electron chi connectivity index (χ0n) is 8.58. The number of hydrogen-bond acceptors (Lipinski definition) is 5. The second kappa shape index (κ2) is 4.44. The van der Waals surface area contributed by atoms with Gasteiger partial charge in [-0.05, 0) is 0 Å². The quantitative estimate of drug-likeness (QED) is 0.653. The first-order valence-corrected chi connectivity index (χ1v) is 5.06. The van der Waals surface area contributed by atoms with Gasteiger partial charge in [0, 0.05) is 25.4 Å². The van der Waals surface area contributed by atoms with Crippen LogP contribution in [0.3, 0.4) is 0 Å². The molecule has 16 heavy (non-hydrogen) atoms. The van der Waals surface area contributed by atoms with Gasteiger partial charge in [-0.2, -0.15) is 0 Å². The van der Waals surface area contributed by atoms with Crippen LogP contribution in [0.1, 0.15) is 12.7 Å². The van der Waals surface area contributed by atoms with E-state index >= 15 is 0 Å². The Labute approximate surface area is 97.4 Å². The molecule has 6 heteroatoms. The van der Waals surface area contributed by atoms with Crippen molar-refractivity contribution in [2.75, 3.05) is 0 Å². The Morgan fingerprint density at radius 3 is 3.12 bits per heavy atom. The average Bonchev–Trinajstić information content (AvgIpc) is 2.77. The van der Waals surface area contributed by atoms with Crippen LogP contribution in [0.5, 0.6) is 5.75 Å². The molecule has 2 heterocycles. The Hall–Kier alpha value is -1.69. The van der Waals surface area contributed by atoms with Gasteiger partial charge in [0.15, 0.2) is 10.9 Å². The van der Waals surface area contributed by atoms with E-state index in [0.29, 0.717) is 23.2 Å². The summed E-state index contributed by atoms with van der Waals surface area (Å²) in [7, 11) is 0. The van der Waals surface area contributed by atoms with Crippen molar-refractivity contribution in [2.45, 2.75) is 18.6 Å². The highest BCUT2D eigenvalue weighted by atomic mass is 32.1. The predicted molar refractivity (Wildman–Crippen MR) is 58.6 cm³/mol. The molecule has 0 aliphatic heterocycles. The van der Waals surface area contributed by atoms with Crippen molar-refractivity contribution in [1.29, 1.82) is 0 Å². The molecule has 84 valence electrons. The summed E-state index contributed by atoms with van der Waals surface area (Å²) in [6, 6.07) is 1.66. The van der Waals surface area contributed by atoms with Gasteiger partial charge in [0.2, 0.25) is 0 Å². The van der Waals surface area contributed by atoms with Crippen molar-refractivity contribution in [3.8, 4) is 5.75 Å². The number of ether oxygens (including phenoxy) is 1. The molecule has 5 nitrogen and oxygen atoms in total. The van der Waals surface area contributed by atoms with E-state index in [1.807, 2.05) is 0 Å². The fourth-order valence-corrected chi connectivity index (χ4v) is 1.48. The number of nitrogens with zero attached hydrogens (tertiary/aromatic N) is 2. The Kier molecular flexibility index (Phi) is 3.00. The highest BCUT2D eigenvalue weighted by molar-refractivity contribution is 7.80. The van der Waals surface area contributed by atoms with Crippen molar-refractivity contribution in [3.63, 3.8) is 0 Å². The summed E-state index contributed by atoms with van der Waals surface area (Å²) in [6.45, 7) is 1.84. The molecular weight excluding hydrogens is 228 g/mol. The minimum Gasteiger partial charge on any atom is -0.463 e. The minimum absolute atomic E-state index is 0.370. The lowest BCUT2D eigenvalue weighted by atomic mass is 10.4. The largest absolute Gasteiger partial charge is 0.463 e. The van der Waals surface area contributed by atoms with Crippen LogP contribution in [0.2, 0.25) is 0 Å². The van der Waals surface area contributed by atoms with Crippen molar-refractivity contribution >= 4 is 18.6 Å². The van der Waals surface area contributed by atoms with Crippen LogP contribution < -0.4 is 4.74 Å². The number of furan rings is 1. The highest BCUT2D eigenvalue weighted by Gasteiger charge is 2.06. The Balaban J connectivity index is 2.08. The molecule has 0 N–H and O–H groups in total. The van der Waals surface area contributed by atoms with Crippen molar-refractivity contribution < 1.29 is 13.9 Å². The molecule has 0 saturated carbocycles. The van der Waals surface area contributed by atoms with Crippen LogP contribution >= 0.6 is 12.6 Å². The van der Waals surface area contributed by atoms with Crippen LogP contribution in [-0.2, 0) is 11.3 Å². The fraction of sp³-hybridized carbons (Fsp3) is 0.200. The third-order valence-electron chi connectivity index (χ3n) is 1.91. The first kappa shape index (κ1) is 10.8. The van der Waals surface area contributed by atoms with E-state index in [4.69, 9.17) is 9.15 Å². The third kappa shape index (κ3) is 2.46. The number of aromatic nitrogens is 2. The number of thiol groups is 1. The predicted octanol–water partition coefficient (Wildman–Crippen LogP) is 1.74. The maximum atomic E-state index is 10.7. The zero-order valence-corrected chi connectivity index (χ0v) is 9.48. The molecular formula is C10H10N2O3S. The molecule has 2 aromatic rings. The first-order chi connectivity index (χ1) is 7.65. The maximum Gasteiger partial charge on any atom is 0.308 e. The number of imidazole rings is 1. The summed E-state index contributed by atoms with van der Waals surface area (Å²) in [5, 5.41) is 0.602. The van der Waals surface area contributed by atoms with Crippen LogP contribution in [0.15, 0.2) is 34.3 Å². The van der Waals surface area contributed by atoms with Crippen LogP contribution in [0.25, 0.3) is 0 Å². The van der Waals surface area contributed by atoms with Crippen molar-refractivity contribution in [3.05, 3.63) is 30.5 Å². The highest BCUT2D eigenvalue weighted by Crippen LogP contribution is 2.18. The molecule has 0 fully saturated rings. The Bertz CT molecular complexity index is 504. The molecule has 0 radical (unpaired) electrons. The van der Waals surface area contributed by atoms with Gasteiger partial charge in [0.25, 0.3) is 0 Å². The maximum absolute atomic E-state index is 10.7. The molecule has 0 aliphatic carbocycles. The molecule has 2 rings (SSSR count). The topological polar surface area (TPSA) is 57.3 Å². The normalized spacial score (nSPS) is 10.4. The summed E-state index contributed by atoms with van der Waals surface area (Å²) in [4.78, 5) is 14.7. The van der Waals surface area contributed by atoms with Gasteiger partial charge in [0.05, 0.1) is 6.54 Å². The van der Waals surface area contributed by atoms with Crippen LogP contribution in [-0.4, -0.2) is 15.5 Å². The molecule has 0 aromatic carbocycles. The van der Waals surface area contributed by atoms with Gasteiger partial charge in [-0.3, -0.25) is 4.79 Å². The number of hydrogen-bond donors (Lipinski definition) is 1. The van der Waals surface area contributed by atoms with E-state index in [2.05, 4.69) is 17.6 Å². The van der Waals surface area contributed by atoms with Gasteiger partial charge < -0.3 is 13.7 Å². The number of rotatable bonds is 3. The van der Waals surface area contributed by atoms with Crippen molar-refractivity contribution in [2.24, 2.45) is 0 Å². The molecule has 0 saturated heterocycles. The zero-order chi connectivity index (χ0) is 11.5. The lowest BCUT2D eigenvalue weighted by Crippen LogP contribution is -2.00. The molecule has 0 unspecified atom stereocenters. The van der Waals surface area contributed by atoms with E-state index in [0.717, 1.165) is 0 Å². The van der Waals surface area contributed by atoms with Gasteiger partial charge in [0.1, 0.15) is 12.0 Å². The average molecular weight is 238 g/mol. The van der Waals surface area contributed by atoms with Crippen LogP contribution in [0, 0.1) is 0 Å². The summed E-state index contributed by atoms with van der Waals surface area (Å²) < 4.78 is 11.9. The Morgan fingerprint density at radius 1 is 1.69 bits per heavy atom. The van der Waals surface area contributed by atoms with Gasteiger partial charge in [-0.1, -0.05) is 0 Å². The lowest BCUT2D eigenvalue weighted by Gasteiger charge is -1.99.